The van der Waals surface area contributed by atoms with Crippen molar-refractivity contribution in [2.24, 2.45) is 0 Å². The first-order valence-corrected chi connectivity index (χ1v) is 14.7. The molecule has 0 bridgehead atoms. The number of fused-ring (bicyclic) bond motifs is 1. The average molecular weight is 526 g/mol. The van der Waals surface area contributed by atoms with Gasteiger partial charge < -0.3 is 10.2 Å². The van der Waals surface area contributed by atoms with Crippen molar-refractivity contribution in [3.05, 3.63) is 36.9 Å². The summed E-state index contributed by atoms with van der Waals surface area (Å²) in [5.74, 6) is 4.77. The zero-order chi connectivity index (χ0) is 24.9. The number of nitrogens with zero attached hydrogens (tertiary/aromatic N) is 8. The van der Waals surface area contributed by atoms with Crippen molar-refractivity contribution < 1.29 is 8.42 Å². The van der Waals surface area contributed by atoms with Gasteiger partial charge in [0.05, 0.1) is 34.1 Å². The molecular formula is C23H27N9O2S2. The minimum atomic E-state index is -3.44. The van der Waals surface area contributed by atoms with Crippen LogP contribution >= 0.6 is 11.8 Å². The molecule has 0 radical (unpaired) electrons. The Morgan fingerprint density at radius 1 is 1.11 bits per heavy atom. The van der Waals surface area contributed by atoms with Crippen LogP contribution in [0.1, 0.15) is 32.7 Å². The van der Waals surface area contributed by atoms with Gasteiger partial charge in [0.25, 0.3) is 10.0 Å². The van der Waals surface area contributed by atoms with E-state index in [9.17, 15) is 8.42 Å². The molecule has 1 saturated heterocycles. The second kappa shape index (κ2) is 9.04. The van der Waals surface area contributed by atoms with Crippen molar-refractivity contribution in [1.29, 1.82) is 0 Å². The highest BCUT2D eigenvalue weighted by Gasteiger charge is 2.37. The Balaban J connectivity index is 1.28. The van der Waals surface area contributed by atoms with E-state index >= 15 is 0 Å². The molecule has 2 fully saturated rings. The normalized spacial score (nSPS) is 16.7. The van der Waals surface area contributed by atoms with Crippen LogP contribution in [0.5, 0.6) is 0 Å². The van der Waals surface area contributed by atoms with E-state index in [4.69, 9.17) is 5.10 Å². The predicted molar refractivity (Wildman–Crippen MR) is 141 cm³/mol. The minimum Gasteiger partial charge on any atom is -0.353 e. The summed E-state index contributed by atoms with van der Waals surface area (Å²) >= 11 is 1.97. The Labute approximate surface area is 213 Å². The Bertz CT molecular complexity index is 1520. The number of aromatic nitrogens is 7. The molecule has 6 rings (SSSR count). The zero-order valence-corrected chi connectivity index (χ0v) is 21.7. The summed E-state index contributed by atoms with van der Waals surface area (Å²) in [6.07, 6.45) is 7.80. The monoisotopic (exact) mass is 525 g/mol. The molecule has 1 N–H and O–H groups in total. The molecule has 13 heteroatoms. The average Bonchev–Trinajstić information content (AvgIpc) is 3.50. The predicted octanol–water partition coefficient (Wildman–Crippen LogP) is 3.30. The van der Waals surface area contributed by atoms with Crippen LogP contribution in [0, 0.1) is 0 Å². The molecular weight excluding hydrogens is 498 g/mol. The fourth-order valence-electron chi connectivity index (χ4n) is 4.26. The number of nitrogens with one attached hydrogen (secondary N) is 1. The second-order valence-corrected chi connectivity index (χ2v) is 12.6. The van der Waals surface area contributed by atoms with Crippen LogP contribution in [0.2, 0.25) is 0 Å². The highest BCUT2D eigenvalue weighted by molar-refractivity contribution is 7.99. The first-order valence-electron chi connectivity index (χ1n) is 12.0. The molecule has 0 aromatic carbocycles. The Morgan fingerprint density at radius 2 is 1.92 bits per heavy atom. The topological polar surface area (TPSA) is 124 Å². The molecule has 0 atom stereocenters. The third-order valence-corrected chi connectivity index (χ3v) is 9.29. The molecule has 1 aliphatic heterocycles. The van der Waals surface area contributed by atoms with Crippen molar-refractivity contribution in [1.82, 2.24) is 33.9 Å². The lowest BCUT2D eigenvalue weighted by atomic mass is 10.2. The van der Waals surface area contributed by atoms with Gasteiger partial charge in [-0.25, -0.2) is 23.4 Å². The van der Waals surface area contributed by atoms with Gasteiger partial charge in [0.15, 0.2) is 11.6 Å². The Kier molecular flexibility index (Phi) is 5.83. The van der Waals surface area contributed by atoms with Gasteiger partial charge in [0, 0.05) is 49.1 Å². The lowest BCUT2D eigenvalue weighted by molar-refractivity contribution is 0.549. The molecule has 1 aliphatic carbocycles. The third-order valence-electron chi connectivity index (χ3n) is 6.31. The van der Waals surface area contributed by atoms with E-state index in [0.29, 0.717) is 35.9 Å². The molecule has 0 spiro atoms. The Morgan fingerprint density at radius 3 is 2.67 bits per heavy atom. The van der Waals surface area contributed by atoms with E-state index in [1.165, 1.54) is 12.4 Å². The van der Waals surface area contributed by atoms with Crippen LogP contribution in [-0.2, 0) is 10.0 Å². The van der Waals surface area contributed by atoms with Gasteiger partial charge in [0.1, 0.15) is 11.6 Å². The summed E-state index contributed by atoms with van der Waals surface area (Å²) < 4.78 is 28.0. The molecule has 36 heavy (non-hydrogen) atoms. The molecule has 11 nitrogen and oxygen atoms in total. The lowest BCUT2D eigenvalue weighted by Crippen LogP contribution is -2.33. The second-order valence-electron chi connectivity index (χ2n) is 9.28. The van der Waals surface area contributed by atoms with Crippen LogP contribution in [0.4, 0.5) is 17.5 Å². The summed E-state index contributed by atoms with van der Waals surface area (Å²) in [4.78, 5) is 15.9. The van der Waals surface area contributed by atoms with E-state index < -0.39 is 10.0 Å². The summed E-state index contributed by atoms with van der Waals surface area (Å²) in [6, 6.07) is 3.94. The minimum absolute atomic E-state index is 0.199. The van der Waals surface area contributed by atoms with Gasteiger partial charge in [-0.05, 0) is 32.8 Å². The molecule has 4 aromatic heterocycles. The molecule has 0 amide bonds. The molecule has 5 heterocycles. The summed E-state index contributed by atoms with van der Waals surface area (Å²) in [5.41, 5.74) is 1.55. The van der Waals surface area contributed by atoms with Gasteiger partial charge >= 0.3 is 0 Å². The van der Waals surface area contributed by atoms with Crippen LogP contribution in [0.3, 0.4) is 0 Å². The number of hydrogen-bond donors (Lipinski definition) is 1. The van der Waals surface area contributed by atoms with E-state index in [-0.39, 0.29) is 11.3 Å². The smallest absolute Gasteiger partial charge is 0.256 e. The van der Waals surface area contributed by atoms with Crippen molar-refractivity contribution in [2.45, 2.75) is 38.0 Å². The number of rotatable bonds is 7. The molecule has 0 unspecified atom stereocenters. The maximum absolute atomic E-state index is 12.5. The van der Waals surface area contributed by atoms with E-state index in [2.05, 4.69) is 44.1 Å². The third kappa shape index (κ3) is 4.30. The van der Waals surface area contributed by atoms with Gasteiger partial charge in [-0.1, -0.05) is 0 Å². The number of thioether (sulfide) groups is 1. The largest absolute Gasteiger partial charge is 0.353 e. The van der Waals surface area contributed by atoms with E-state index in [1.54, 1.807) is 12.3 Å². The Hall–Kier alpha value is -3.19. The fourth-order valence-corrected chi connectivity index (χ4v) is 6.64. The summed E-state index contributed by atoms with van der Waals surface area (Å²) in [7, 11) is -3.44. The van der Waals surface area contributed by atoms with Gasteiger partial charge in [-0.3, -0.25) is 4.68 Å². The highest BCUT2D eigenvalue weighted by atomic mass is 32.2. The van der Waals surface area contributed by atoms with Crippen LogP contribution < -0.4 is 10.2 Å². The highest BCUT2D eigenvalue weighted by Crippen LogP contribution is 2.32. The van der Waals surface area contributed by atoms with Crippen LogP contribution in [-0.4, -0.2) is 72.2 Å². The van der Waals surface area contributed by atoms with Gasteiger partial charge in [-0.15, -0.1) is 0 Å². The molecule has 188 valence electrons. The molecule has 4 aromatic rings. The summed E-state index contributed by atoms with van der Waals surface area (Å²) in [6.45, 7) is 6.21. The van der Waals surface area contributed by atoms with Crippen LogP contribution in [0.25, 0.3) is 22.3 Å². The summed E-state index contributed by atoms with van der Waals surface area (Å²) in [5, 5.41) is 12.9. The lowest BCUT2D eigenvalue weighted by Gasteiger charge is -2.26. The van der Waals surface area contributed by atoms with Crippen molar-refractivity contribution in [2.75, 3.05) is 34.8 Å². The van der Waals surface area contributed by atoms with Crippen molar-refractivity contribution in [3.8, 4) is 11.4 Å². The SMILES string of the molecule is CC(C)n1nc(N2CCSCC2)c2cnc(Nc3ccnc(-c4cnn(S(=O)(=O)C5CC5)c4)n3)cc21. The van der Waals surface area contributed by atoms with Crippen molar-refractivity contribution in [3.63, 3.8) is 0 Å². The number of pyridine rings is 1. The van der Waals surface area contributed by atoms with E-state index in [0.717, 1.165) is 45.4 Å². The fraction of sp³-hybridized carbons (Fsp3) is 0.435. The maximum atomic E-state index is 12.5. The number of anilines is 3. The zero-order valence-electron chi connectivity index (χ0n) is 20.1. The van der Waals surface area contributed by atoms with Crippen LogP contribution in [0.15, 0.2) is 36.9 Å². The van der Waals surface area contributed by atoms with E-state index in [1.807, 2.05) is 28.7 Å². The quantitative estimate of drug-likeness (QED) is 0.384. The first kappa shape index (κ1) is 23.2. The first-order chi connectivity index (χ1) is 17.4. The molecule has 1 saturated carbocycles. The molecule has 2 aliphatic rings. The number of hydrogen-bond acceptors (Lipinski definition) is 10. The maximum Gasteiger partial charge on any atom is 0.256 e. The van der Waals surface area contributed by atoms with Gasteiger partial charge in [-0.2, -0.15) is 26.0 Å². The van der Waals surface area contributed by atoms with Gasteiger partial charge in [0.2, 0.25) is 0 Å². The standard InChI is InChI=1S/C23H27N9O2S2/c1-15(2)32-19-11-21(25-13-18(19)23(29-32)30-7-9-35-10-8-30)27-20-5-6-24-22(28-20)16-12-26-31(14-16)36(33,34)17-3-4-17/h5-6,11-15,17H,3-4,7-10H2,1-2H3,(H,24,25,27,28). The van der Waals surface area contributed by atoms with Crippen molar-refractivity contribution >= 4 is 50.1 Å².